The fraction of sp³-hybridized carbons (Fsp3) is 0.500. The number of thiophene rings is 1. The molecular weight excluding hydrogens is 318 g/mol. The molecule has 1 aromatic rings. The van der Waals surface area contributed by atoms with E-state index in [4.69, 9.17) is 9.84 Å². The Morgan fingerprint density at radius 2 is 2.05 bits per heavy atom. The number of ether oxygens (including phenoxy) is 1. The van der Waals surface area contributed by atoms with E-state index in [1.54, 1.807) is 13.8 Å². The average molecular weight is 335 g/mol. The van der Waals surface area contributed by atoms with Crippen molar-refractivity contribution in [2.24, 2.45) is 0 Å². The van der Waals surface area contributed by atoms with Crippen LogP contribution in [0.5, 0.6) is 0 Å². The van der Waals surface area contributed by atoms with Gasteiger partial charge in [0.2, 0.25) is 0 Å². The number of rotatable bonds is 8. The SMILES string of the molecule is CCCN(CC(=O)OCC)S(=O)(=O)c1cc(C(=O)O)cs1. The average Bonchev–Trinajstić information content (AvgIpc) is 2.89. The van der Waals surface area contributed by atoms with Crippen LogP contribution in [0, 0.1) is 0 Å². The first-order valence-corrected chi connectivity index (χ1v) is 8.62. The summed E-state index contributed by atoms with van der Waals surface area (Å²) in [7, 11) is -3.90. The van der Waals surface area contributed by atoms with Crippen LogP contribution < -0.4 is 0 Å². The summed E-state index contributed by atoms with van der Waals surface area (Å²) in [6.07, 6.45) is 0.524. The monoisotopic (exact) mass is 335 g/mol. The topological polar surface area (TPSA) is 101 Å². The van der Waals surface area contributed by atoms with Crippen LogP contribution in [0.2, 0.25) is 0 Å². The molecule has 0 aliphatic rings. The number of hydrogen-bond acceptors (Lipinski definition) is 6. The largest absolute Gasteiger partial charge is 0.478 e. The van der Waals surface area contributed by atoms with Gasteiger partial charge in [0.15, 0.2) is 0 Å². The molecule has 0 amide bonds. The molecule has 0 radical (unpaired) electrons. The summed E-state index contributed by atoms with van der Waals surface area (Å²) < 4.78 is 30.5. The molecule has 1 N–H and O–H groups in total. The fourth-order valence-electron chi connectivity index (χ4n) is 1.58. The van der Waals surface area contributed by atoms with Crippen molar-refractivity contribution in [3.63, 3.8) is 0 Å². The molecule has 1 aromatic heterocycles. The van der Waals surface area contributed by atoms with Crippen LogP contribution in [0.15, 0.2) is 15.7 Å². The Morgan fingerprint density at radius 1 is 1.38 bits per heavy atom. The van der Waals surface area contributed by atoms with Crippen LogP contribution in [0.3, 0.4) is 0 Å². The lowest BCUT2D eigenvalue weighted by molar-refractivity contribution is -0.143. The van der Waals surface area contributed by atoms with Crippen LogP contribution in [0.25, 0.3) is 0 Å². The van der Waals surface area contributed by atoms with E-state index in [9.17, 15) is 18.0 Å². The second-order valence-electron chi connectivity index (χ2n) is 4.10. The minimum atomic E-state index is -3.90. The number of hydrogen-bond donors (Lipinski definition) is 1. The lowest BCUT2D eigenvalue weighted by Gasteiger charge is -2.19. The van der Waals surface area contributed by atoms with E-state index >= 15 is 0 Å². The number of nitrogens with zero attached hydrogens (tertiary/aromatic N) is 1. The third kappa shape index (κ3) is 4.51. The summed E-state index contributed by atoms with van der Waals surface area (Å²) in [6.45, 7) is 3.35. The normalized spacial score (nSPS) is 11.6. The van der Waals surface area contributed by atoms with Gasteiger partial charge in [0.05, 0.1) is 12.2 Å². The summed E-state index contributed by atoms with van der Waals surface area (Å²) in [5.74, 6) is -1.83. The molecule has 9 heteroatoms. The van der Waals surface area contributed by atoms with Gasteiger partial charge < -0.3 is 9.84 Å². The van der Waals surface area contributed by atoms with Gasteiger partial charge in [-0.1, -0.05) is 6.92 Å². The van der Waals surface area contributed by atoms with Crippen LogP contribution >= 0.6 is 11.3 Å². The molecule has 1 rings (SSSR count). The Morgan fingerprint density at radius 3 is 2.52 bits per heavy atom. The zero-order valence-corrected chi connectivity index (χ0v) is 13.4. The number of carbonyl (C=O) groups is 2. The maximum Gasteiger partial charge on any atom is 0.336 e. The number of carboxylic acid groups (broad SMARTS) is 1. The van der Waals surface area contributed by atoms with Gasteiger partial charge in [-0.05, 0) is 19.4 Å². The summed E-state index contributed by atoms with van der Waals surface area (Å²) in [4.78, 5) is 22.3. The van der Waals surface area contributed by atoms with Gasteiger partial charge in [0, 0.05) is 11.9 Å². The molecule has 0 unspecified atom stereocenters. The number of carboxylic acids is 1. The second kappa shape index (κ2) is 7.53. The van der Waals surface area contributed by atoms with E-state index in [2.05, 4.69) is 0 Å². The number of carbonyl (C=O) groups excluding carboxylic acids is 1. The third-order valence-corrected chi connectivity index (χ3v) is 5.76. The van der Waals surface area contributed by atoms with Crippen LogP contribution in [0.1, 0.15) is 30.6 Å². The zero-order valence-electron chi connectivity index (χ0n) is 11.7. The quantitative estimate of drug-likeness (QED) is 0.721. The van der Waals surface area contributed by atoms with Crippen LogP contribution in [0.4, 0.5) is 0 Å². The highest BCUT2D eigenvalue weighted by Crippen LogP contribution is 2.24. The van der Waals surface area contributed by atoms with Crippen molar-refractivity contribution in [2.75, 3.05) is 19.7 Å². The molecule has 7 nitrogen and oxygen atoms in total. The predicted octanol–water partition coefficient (Wildman–Crippen LogP) is 1.41. The molecule has 0 aromatic carbocycles. The summed E-state index contributed by atoms with van der Waals surface area (Å²) in [5, 5.41) is 10.1. The third-order valence-electron chi connectivity index (χ3n) is 2.50. The zero-order chi connectivity index (χ0) is 16.0. The Kier molecular flexibility index (Phi) is 6.31. The highest BCUT2D eigenvalue weighted by atomic mass is 32.2. The Bertz CT molecular complexity index is 607. The van der Waals surface area contributed by atoms with Crippen molar-refractivity contribution in [3.8, 4) is 0 Å². The first-order chi connectivity index (χ1) is 9.82. The maximum atomic E-state index is 12.4. The van der Waals surface area contributed by atoms with E-state index in [1.165, 1.54) is 5.38 Å². The lowest BCUT2D eigenvalue weighted by atomic mass is 10.4. The first kappa shape index (κ1) is 17.6. The molecule has 21 heavy (non-hydrogen) atoms. The van der Waals surface area contributed by atoms with E-state index in [0.717, 1.165) is 21.7 Å². The number of esters is 1. The Labute approximate surface area is 127 Å². The number of aromatic carboxylic acids is 1. The lowest BCUT2D eigenvalue weighted by Crippen LogP contribution is -2.36. The molecule has 0 aliphatic carbocycles. The first-order valence-electron chi connectivity index (χ1n) is 6.30. The molecule has 0 bridgehead atoms. The molecule has 0 spiro atoms. The standard InChI is InChI=1S/C12H17NO6S2/c1-3-5-13(7-10(14)19-4-2)21(17,18)11-6-9(8-20-11)12(15)16/h6,8H,3-5,7H2,1-2H3,(H,15,16). The molecule has 0 aliphatic heterocycles. The van der Waals surface area contributed by atoms with Crippen molar-refractivity contribution < 1.29 is 27.9 Å². The van der Waals surface area contributed by atoms with Crippen molar-refractivity contribution >= 4 is 33.3 Å². The fourth-order valence-corrected chi connectivity index (χ4v) is 4.36. The predicted molar refractivity (Wildman–Crippen MR) is 77.0 cm³/mol. The van der Waals surface area contributed by atoms with Gasteiger partial charge in [0.25, 0.3) is 10.0 Å². The van der Waals surface area contributed by atoms with E-state index < -0.39 is 22.0 Å². The van der Waals surface area contributed by atoms with Gasteiger partial charge in [-0.3, -0.25) is 4.79 Å². The summed E-state index contributed by atoms with van der Waals surface area (Å²) >= 11 is 0.817. The molecule has 0 fully saturated rings. The van der Waals surface area contributed by atoms with Crippen molar-refractivity contribution in [3.05, 3.63) is 17.0 Å². The maximum absolute atomic E-state index is 12.4. The van der Waals surface area contributed by atoms with Gasteiger partial charge in [-0.15, -0.1) is 11.3 Å². The summed E-state index contributed by atoms with van der Waals surface area (Å²) in [6, 6.07) is 1.09. The summed E-state index contributed by atoms with van der Waals surface area (Å²) in [5.41, 5.74) is -0.0915. The molecule has 0 saturated heterocycles. The van der Waals surface area contributed by atoms with E-state index in [0.29, 0.717) is 6.42 Å². The molecular formula is C12H17NO6S2. The van der Waals surface area contributed by atoms with Crippen LogP contribution in [-0.4, -0.2) is 49.5 Å². The van der Waals surface area contributed by atoms with Crippen molar-refractivity contribution in [1.29, 1.82) is 0 Å². The smallest absolute Gasteiger partial charge is 0.336 e. The van der Waals surface area contributed by atoms with Gasteiger partial charge in [0.1, 0.15) is 10.8 Å². The highest BCUT2D eigenvalue weighted by molar-refractivity contribution is 7.91. The number of sulfonamides is 1. The second-order valence-corrected chi connectivity index (χ2v) is 7.18. The minimum absolute atomic E-state index is 0.0915. The molecule has 118 valence electrons. The van der Waals surface area contributed by atoms with Gasteiger partial charge in [-0.2, -0.15) is 4.31 Å². The van der Waals surface area contributed by atoms with Crippen molar-refractivity contribution in [1.82, 2.24) is 4.31 Å². The molecule has 0 atom stereocenters. The Balaban J connectivity index is 3.03. The van der Waals surface area contributed by atoms with E-state index in [1.807, 2.05) is 0 Å². The van der Waals surface area contributed by atoms with Crippen molar-refractivity contribution in [2.45, 2.75) is 24.5 Å². The van der Waals surface area contributed by atoms with Gasteiger partial charge in [-0.25, -0.2) is 13.2 Å². The minimum Gasteiger partial charge on any atom is -0.478 e. The molecule has 0 saturated carbocycles. The highest BCUT2D eigenvalue weighted by Gasteiger charge is 2.28. The molecule has 1 heterocycles. The van der Waals surface area contributed by atoms with Gasteiger partial charge >= 0.3 is 11.9 Å². The Hall–Kier alpha value is -1.45. The van der Waals surface area contributed by atoms with E-state index in [-0.39, 0.29) is 29.5 Å². The van der Waals surface area contributed by atoms with Crippen LogP contribution in [-0.2, 0) is 19.6 Å².